The monoisotopic (exact) mass is 429 g/mol. The Morgan fingerprint density at radius 3 is 1.97 bits per heavy atom. The van der Waals surface area contributed by atoms with Crippen LogP contribution in [0.2, 0.25) is 0 Å². The first kappa shape index (κ1) is 20.4. The predicted octanol–water partition coefficient (Wildman–Crippen LogP) is 5.04. The molecule has 0 atom stereocenters. The van der Waals surface area contributed by atoms with Gasteiger partial charge in [0.2, 0.25) is 0 Å². The second kappa shape index (κ2) is 8.89. The summed E-state index contributed by atoms with van der Waals surface area (Å²) in [5.41, 5.74) is 4.71. The largest absolute Gasteiger partial charge is 0.356 e. The van der Waals surface area contributed by atoms with Crippen molar-refractivity contribution >= 4 is 40.1 Å². The summed E-state index contributed by atoms with van der Waals surface area (Å²) in [7, 11) is 1.85. The molecule has 31 heavy (non-hydrogen) atoms. The number of para-hydroxylation sites is 2. The van der Waals surface area contributed by atoms with Gasteiger partial charge in [-0.25, -0.2) is 4.68 Å². The van der Waals surface area contributed by atoms with Crippen LogP contribution in [0.15, 0.2) is 89.7 Å². The summed E-state index contributed by atoms with van der Waals surface area (Å²) in [4.78, 5) is 13.0. The summed E-state index contributed by atoms with van der Waals surface area (Å²) in [5, 5.41) is 9.90. The molecule has 4 rings (SSSR count). The lowest BCUT2D eigenvalue weighted by Gasteiger charge is -2.11. The molecule has 0 spiro atoms. The standard InChI is InChI=1S/C24H23N5OS/c1-17-22(23(30)29(28(17)2)21-11-7-4-8-12-21)27-24(31)26-20-15-13-19(14-16-20)25-18-9-5-3-6-10-18/h3-16,25H,1-2H3,(H2,26,27,31). The highest BCUT2D eigenvalue weighted by molar-refractivity contribution is 7.80. The highest BCUT2D eigenvalue weighted by Crippen LogP contribution is 2.19. The third-order valence-corrected chi connectivity index (χ3v) is 5.20. The molecule has 0 saturated carbocycles. The number of anilines is 4. The molecule has 3 N–H and O–H groups in total. The molecule has 4 aromatic rings. The van der Waals surface area contributed by atoms with Gasteiger partial charge in [0, 0.05) is 24.1 Å². The summed E-state index contributed by atoms with van der Waals surface area (Å²) >= 11 is 5.45. The number of nitrogens with one attached hydrogen (secondary N) is 3. The molecule has 0 fully saturated rings. The van der Waals surface area contributed by atoms with E-state index in [1.165, 1.54) is 0 Å². The Kier molecular flexibility index (Phi) is 5.86. The zero-order valence-electron chi connectivity index (χ0n) is 17.3. The fraction of sp³-hybridized carbons (Fsp3) is 0.0833. The third-order valence-electron chi connectivity index (χ3n) is 5.00. The van der Waals surface area contributed by atoms with Crippen molar-refractivity contribution < 1.29 is 0 Å². The van der Waals surface area contributed by atoms with Crippen LogP contribution in [0.4, 0.5) is 22.7 Å². The SMILES string of the molecule is Cc1c(NC(=S)Nc2ccc(Nc3ccccc3)cc2)c(=O)n(-c2ccccc2)n1C. The summed E-state index contributed by atoms with van der Waals surface area (Å²) in [6.07, 6.45) is 0. The smallest absolute Gasteiger partial charge is 0.295 e. The number of hydrogen-bond donors (Lipinski definition) is 3. The fourth-order valence-corrected chi connectivity index (χ4v) is 3.53. The molecular formula is C24H23N5OS. The lowest BCUT2D eigenvalue weighted by Crippen LogP contribution is -2.25. The summed E-state index contributed by atoms with van der Waals surface area (Å²) in [6, 6.07) is 27.3. The maximum Gasteiger partial charge on any atom is 0.295 e. The molecule has 0 saturated heterocycles. The van der Waals surface area contributed by atoms with Gasteiger partial charge in [0.1, 0.15) is 5.69 Å². The van der Waals surface area contributed by atoms with Gasteiger partial charge in [-0.15, -0.1) is 0 Å². The average molecular weight is 430 g/mol. The molecule has 3 aromatic carbocycles. The van der Waals surface area contributed by atoms with E-state index in [2.05, 4.69) is 16.0 Å². The maximum absolute atomic E-state index is 13.0. The Bertz CT molecular complexity index is 1250. The highest BCUT2D eigenvalue weighted by Gasteiger charge is 2.16. The van der Waals surface area contributed by atoms with E-state index in [0.717, 1.165) is 28.4 Å². The molecule has 0 radical (unpaired) electrons. The van der Waals surface area contributed by atoms with E-state index in [4.69, 9.17) is 12.2 Å². The second-order valence-electron chi connectivity index (χ2n) is 7.08. The molecule has 0 unspecified atom stereocenters. The minimum Gasteiger partial charge on any atom is -0.356 e. The molecule has 0 bridgehead atoms. The normalized spacial score (nSPS) is 10.5. The van der Waals surface area contributed by atoms with Gasteiger partial charge in [-0.2, -0.15) is 0 Å². The Labute approximate surface area is 186 Å². The summed E-state index contributed by atoms with van der Waals surface area (Å²) in [5.74, 6) is 0. The number of hydrogen-bond acceptors (Lipinski definition) is 3. The number of aromatic nitrogens is 2. The topological polar surface area (TPSA) is 63.0 Å². The molecular weight excluding hydrogens is 406 g/mol. The van der Waals surface area contributed by atoms with Crippen molar-refractivity contribution in [1.29, 1.82) is 0 Å². The zero-order valence-corrected chi connectivity index (χ0v) is 18.1. The Morgan fingerprint density at radius 2 is 1.32 bits per heavy atom. The zero-order chi connectivity index (χ0) is 21.8. The van der Waals surface area contributed by atoms with Gasteiger partial charge in [-0.3, -0.25) is 9.48 Å². The molecule has 1 aromatic heterocycles. The summed E-state index contributed by atoms with van der Waals surface area (Å²) in [6.45, 7) is 1.88. The summed E-state index contributed by atoms with van der Waals surface area (Å²) < 4.78 is 3.43. The number of thiocarbonyl (C=S) groups is 1. The van der Waals surface area contributed by atoms with E-state index in [9.17, 15) is 4.79 Å². The van der Waals surface area contributed by atoms with Crippen molar-refractivity contribution in [2.45, 2.75) is 6.92 Å². The van der Waals surface area contributed by atoms with Crippen LogP contribution in [0.5, 0.6) is 0 Å². The number of benzene rings is 3. The van der Waals surface area contributed by atoms with Crippen LogP contribution in [-0.4, -0.2) is 14.5 Å². The lowest BCUT2D eigenvalue weighted by atomic mass is 10.2. The molecule has 0 aliphatic heterocycles. The third kappa shape index (κ3) is 4.51. The van der Waals surface area contributed by atoms with Crippen molar-refractivity contribution in [3.05, 3.63) is 101 Å². The van der Waals surface area contributed by atoms with Gasteiger partial charge < -0.3 is 16.0 Å². The highest BCUT2D eigenvalue weighted by atomic mass is 32.1. The van der Waals surface area contributed by atoms with Crippen LogP contribution >= 0.6 is 12.2 Å². The van der Waals surface area contributed by atoms with E-state index in [-0.39, 0.29) is 5.56 Å². The minimum absolute atomic E-state index is 0.155. The van der Waals surface area contributed by atoms with Crippen molar-refractivity contribution in [2.24, 2.45) is 7.05 Å². The quantitative estimate of drug-likeness (QED) is 0.388. The van der Waals surface area contributed by atoms with E-state index >= 15 is 0 Å². The van der Waals surface area contributed by atoms with Gasteiger partial charge in [0.15, 0.2) is 5.11 Å². The maximum atomic E-state index is 13.0. The first-order valence-corrected chi connectivity index (χ1v) is 10.3. The van der Waals surface area contributed by atoms with E-state index in [1.54, 1.807) is 4.68 Å². The van der Waals surface area contributed by atoms with Gasteiger partial charge >= 0.3 is 0 Å². The van der Waals surface area contributed by atoms with E-state index in [1.807, 2.05) is 104 Å². The van der Waals surface area contributed by atoms with Crippen LogP contribution in [-0.2, 0) is 7.05 Å². The van der Waals surface area contributed by atoms with Crippen molar-refractivity contribution in [3.8, 4) is 5.69 Å². The Morgan fingerprint density at radius 1 is 0.774 bits per heavy atom. The van der Waals surface area contributed by atoms with Crippen LogP contribution in [0.1, 0.15) is 5.69 Å². The van der Waals surface area contributed by atoms with Crippen LogP contribution < -0.4 is 21.5 Å². The molecule has 0 aliphatic carbocycles. The van der Waals surface area contributed by atoms with E-state index < -0.39 is 0 Å². The minimum atomic E-state index is -0.155. The van der Waals surface area contributed by atoms with Gasteiger partial charge in [-0.1, -0.05) is 36.4 Å². The molecule has 0 aliphatic rings. The average Bonchev–Trinajstić information content (AvgIpc) is 2.99. The number of nitrogens with zero attached hydrogens (tertiary/aromatic N) is 2. The fourth-order valence-electron chi connectivity index (χ4n) is 3.31. The lowest BCUT2D eigenvalue weighted by molar-refractivity contribution is 0.630. The Balaban J connectivity index is 1.46. The van der Waals surface area contributed by atoms with Crippen molar-refractivity contribution in [1.82, 2.24) is 9.36 Å². The first-order valence-electron chi connectivity index (χ1n) is 9.87. The molecule has 7 heteroatoms. The van der Waals surface area contributed by atoms with Crippen LogP contribution in [0.25, 0.3) is 5.69 Å². The molecule has 156 valence electrons. The molecule has 6 nitrogen and oxygen atoms in total. The van der Waals surface area contributed by atoms with E-state index in [0.29, 0.717) is 10.8 Å². The van der Waals surface area contributed by atoms with Crippen molar-refractivity contribution in [2.75, 3.05) is 16.0 Å². The van der Waals surface area contributed by atoms with Gasteiger partial charge in [0.25, 0.3) is 5.56 Å². The van der Waals surface area contributed by atoms with Gasteiger partial charge in [-0.05, 0) is 67.7 Å². The molecule has 1 heterocycles. The van der Waals surface area contributed by atoms with Crippen LogP contribution in [0.3, 0.4) is 0 Å². The van der Waals surface area contributed by atoms with Crippen molar-refractivity contribution in [3.63, 3.8) is 0 Å². The van der Waals surface area contributed by atoms with Gasteiger partial charge in [0.05, 0.1) is 11.4 Å². The Hall–Kier alpha value is -3.84. The predicted molar refractivity (Wildman–Crippen MR) is 132 cm³/mol. The first-order chi connectivity index (χ1) is 15.0. The van der Waals surface area contributed by atoms with Crippen LogP contribution in [0, 0.1) is 6.92 Å². The molecule has 0 amide bonds. The second-order valence-corrected chi connectivity index (χ2v) is 7.49. The number of rotatable bonds is 5.